The Bertz CT molecular complexity index is 624. The van der Waals surface area contributed by atoms with Crippen LogP contribution in [0.3, 0.4) is 0 Å². The third-order valence-corrected chi connectivity index (χ3v) is 4.72. The number of benzene rings is 1. The fraction of sp³-hybridized carbons (Fsp3) is 0.375. The molecule has 0 fully saturated rings. The van der Waals surface area contributed by atoms with Gasteiger partial charge in [-0.05, 0) is 31.0 Å². The summed E-state index contributed by atoms with van der Waals surface area (Å²) in [5.41, 5.74) is 2.23. The highest BCUT2D eigenvalue weighted by molar-refractivity contribution is 9.10. The van der Waals surface area contributed by atoms with E-state index in [0.29, 0.717) is 11.6 Å². The minimum atomic E-state index is 0.0552. The molecule has 0 saturated heterocycles. The zero-order valence-electron chi connectivity index (χ0n) is 12.3. The molecule has 0 bridgehead atoms. The lowest BCUT2D eigenvalue weighted by Gasteiger charge is -2.00. The first kappa shape index (κ1) is 16.2. The maximum Gasteiger partial charge on any atom is 0.226 e. The number of halogens is 1. The highest BCUT2D eigenvalue weighted by Gasteiger charge is 2.11. The SMILES string of the molecule is CCCCC(=O)Nc1nc(C)c(Cc2cccc(Br)c2)s1. The van der Waals surface area contributed by atoms with Crippen LogP contribution in [0.4, 0.5) is 5.13 Å². The lowest BCUT2D eigenvalue weighted by atomic mass is 10.1. The van der Waals surface area contributed by atoms with Crippen molar-refractivity contribution in [3.8, 4) is 0 Å². The monoisotopic (exact) mass is 366 g/mol. The summed E-state index contributed by atoms with van der Waals surface area (Å²) in [4.78, 5) is 17.4. The molecule has 0 atom stereocenters. The van der Waals surface area contributed by atoms with Crippen molar-refractivity contribution in [1.82, 2.24) is 4.98 Å². The van der Waals surface area contributed by atoms with Crippen LogP contribution in [-0.4, -0.2) is 10.9 Å². The molecule has 1 heterocycles. The number of hydrogen-bond acceptors (Lipinski definition) is 3. The fourth-order valence-corrected chi connectivity index (χ4v) is 3.46. The number of anilines is 1. The molecule has 1 amide bonds. The summed E-state index contributed by atoms with van der Waals surface area (Å²) < 4.78 is 1.08. The average Bonchev–Trinajstić information content (AvgIpc) is 2.76. The van der Waals surface area contributed by atoms with Crippen molar-refractivity contribution >= 4 is 38.3 Å². The predicted molar refractivity (Wildman–Crippen MR) is 92.0 cm³/mol. The second kappa shape index (κ2) is 7.71. The molecule has 0 spiro atoms. The highest BCUT2D eigenvalue weighted by atomic mass is 79.9. The first-order valence-electron chi connectivity index (χ1n) is 7.09. The first-order chi connectivity index (χ1) is 10.1. The third-order valence-electron chi connectivity index (χ3n) is 3.15. The Morgan fingerprint density at radius 3 is 2.95 bits per heavy atom. The molecule has 2 aromatic rings. The van der Waals surface area contributed by atoms with E-state index in [2.05, 4.69) is 45.3 Å². The van der Waals surface area contributed by atoms with Gasteiger partial charge >= 0.3 is 0 Å². The largest absolute Gasteiger partial charge is 0.302 e. The number of carbonyl (C=O) groups is 1. The smallest absolute Gasteiger partial charge is 0.226 e. The van der Waals surface area contributed by atoms with Crippen LogP contribution in [0, 0.1) is 6.92 Å². The van der Waals surface area contributed by atoms with Crippen LogP contribution in [0.15, 0.2) is 28.7 Å². The average molecular weight is 367 g/mol. The van der Waals surface area contributed by atoms with E-state index >= 15 is 0 Å². The minimum Gasteiger partial charge on any atom is -0.302 e. The van der Waals surface area contributed by atoms with Crippen molar-refractivity contribution in [1.29, 1.82) is 0 Å². The second-order valence-corrected chi connectivity index (χ2v) is 6.99. The van der Waals surface area contributed by atoms with E-state index in [1.165, 1.54) is 10.4 Å². The quantitative estimate of drug-likeness (QED) is 0.786. The van der Waals surface area contributed by atoms with Crippen molar-refractivity contribution in [2.24, 2.45) is 0 Å². The zero-order chi connectivity index (χ0) is 15.2. The summed E-state index contributed by atoms with van der Waals surface area (Å²) in [6.45, 7) is 4.07. The zero-order valence-corrected chi connectivity index (χ0v) is 14.7. The molecule has 0 aliphatic carbocycles. The van der Waals surface area contributed by atoms with Gasteiger partial charge in [0.2, 0.25) is 5.91 Å². The molecule has 3 nitrogen and oxygen atoms in total. The standard InChI is InChI=1S/C16H19BrN2OS/c1-3-4-8-15(20)19-16-18-11(2)14(21-16)10-12-6-5-7-13(17)9-12/h5-7,9H,3-4,8,10H2,1-2H3,(H,18,19,20). The number of amides is 1. The van der Waals surface area contributed by atoms with Gasteiger partial charge in [-0.15, -0.1) is 11.3 Å². The number of hydrogen-bond donors (Lipinski definition) is 1. The number of nitrogens with one attached hydrogen (secondary N) is 1. The van der Waals surface area contributed by atoms with Gasteiger partial charge in [0.1, 0.15) is 0 Å². The van der Waals surface area contributed by atoms with E-state index in [0.717, 1.165) is 29.4 Å². The molecule has 112 valence electrons. The molecule has 21 heavy (non-hydrogen) atoms. The van der Waals surface area contributed by atoms with E-state index in [1.807, 2.05) is 19.1 Å². The van der Waals surface area contributed by atoms with Gasteiger partial charge in [-0.25, -0.2) is 4.98 Å². The van der Waals surface area contributed by atoms with Crippen molar-refractivity contribution < 1.29 is 4.79 Å². The Hall–Kier alpha value is -1.20. The van der Waals surface area contributed by atoms with Gasteiger partial charge in [0.15, 0.2) is 5.13 Å². The molecule has 0 saturated carbocycles. The number of aryl methyl sites for hydroxylation is 1. The summed E-state index contributed by atoms with van der Waals surface area (Å²) in [7, 11) is 0. The van der Waals surface area contributed by atoms with Gasteiger partial charge in [0.25, 0.3) is 0 Å². The Morgan fingerprint density at radius 1 is 1.43 bits per heavy atom. The van der Waals surface area contributed by atoms with Crippen LogP contribution in [-0.2, 0) is 11.2 Å². The summed E-state index contributed by atoms with van der Waals surface area (Å²) >= 11 is 5.05. The summed E-state index contributed by atoms with van der Waals surface area (Å²) in [6.07, 6.45) is 3.35. The molecular weight excluding hydrogens is 348 g/mol. The lowest BCUT2D eigenvalue weighted by molar-refractivity contribution is -0.116. The van der Waals surface area contributed by atoms with Crippen LogP contribution in [0.25, 0.3) is 0 Å². The summed E-state index contributed by atoms with van der Waals surface area (Å²) in [5, 5.41) is 3.60. The molecule has 0 radical (unpaired) electrons. The van der Waals surface area contributed by atoms with Gasteiger partial charge in [0, 0.05) is 22.2 Å². The number of nitrogens with zero attached hydrogens (tertiary/aromatic N) is 1. The first-order valence-corrected chi connectivity index (χ1v) is 8.70. The van der Waals surface area contributed by atoms with Crippen molar-refractivity contribution in [3.05, 3.63) is 44.9 Å². The number of thiazole rings is 1. The molecule has 0 unspecified atom stereocenters. The third kappa shape index (κ3) is 4.93. The van der Waals surface area contributed by atoms with Crippen molar-refractivity contribution in [3.63, 3.8) is 0 Å². The van der Waals surface area contributed by atoms with Crippen LogP contribution >= 0.6 is 27.3 Å². The topological polar surface area (TPSA) is 42.0 Å². The van der Waals surface area contributed by atoms with Gasteiger partial charge in [-0.3, -0.25) is 4.79 Å². The second-order valence-electron chi connectivity index (χ2n) is 4.99. The number of carbonyl (C=O) groups excluding carboxylic acids is 1. The molecule has 1 aromatic carbocycles. The summed E-state index contributed by atoms with van der Waals surface area (Å²) in [5.74, 6) is 0.0552. The molecular formula is C16H19BrN2OS. The van der Waals surface area contributed by atoms with Crippen LogP contribution in [0.5, 0.6) is 0 Å². The Labute approximate surface area is 137 Å². The normalized spacial score (nSPS) is 10.6. The number of unbranched alkanes of at least 4 members (excludes halogenated alkanes) is 1. The van der Waals surface area contributed by atoms with E-state index in [9.17, 15) is 4.79 Å². The molecule has 2 rings (SSSR count). The Morgan fingerprint density at radius 2 is 2.24 bits per heavy atom. The molecule has 5 heteroatoms. The van der Waals surface area contributed by atoms with Crippen molar-refractivity contribution in [2.45, 2.75) is 39.5 Å². The van der Waals surface area contributed by atoms with Crippen LogP contribution in [0.1, 0.15) is 42.3 Å². The minimum absolute atomic E-state index is 0.0552. The van der Waals surface area contributed by atoms with Gasteiger partial charge in [0.05, 0.1) is 5.69 Å². The van der Waals surface area contributed by atoms with E-state index in [4.69, 9.17) is 0 Å². The number of rotatable bonds is 6. The lowest BCUT2D eigenvalue weighted by Crippen LogP contribution is -2.10. The van der Waals surface area contributed by atoms with E-state index < -0.39 is 0 Å². The van der Waals surface area contributed by atoms with Crippen LogP contribution < -0.4 is 5.32 Å². The fourth-order valence-electron chi connectivity index (χ4n) is 2.00. The van der Waals surface area contributed by atoms with Gasteiger partial charge < -0.3 is 5.32 Å². The Balaban J connectivity index is 2.03. The van der Waals surface area contributed by atoms with Crippen LogP contribution in [0.2, 0.25) is 0 Å². The number of aromatic nitrogens is 1. The predicted octanol–water partition coefficient (Wildman–Crippen LogP) is 4.93. The molecule has 0 aliphatic rings. The molecule has 0 aliphatic heterocycles. The summed E-state index contributed by atoms with van der Waals surface area (Å²) in [6, 6.07) is 8.26. The molecule has 1 aromatic heterocycles. The maximum atomic E-state index is 11.7. The Kier molecular flexibility index (Phi) is 5.94. The van der Waals surface area contributed by atoms with Gasteiger partial charge in [-0.2, -0.15) is 0 Å². The van der Waals surface area contributed by atoms with Gasteiger partial charge in [-0.1, -0.05) is 41.4 Å². The van der Waals surface area contributed by atoms with E-state index in [1.54, 1.807) is 11.3 Å². The van der Waals surface area contributed by atoms with E-state index in [-0.39, 0.29) is 5.91 Å². The maximum absolute atomic E-state index is 11.7. The molecule has 1 N–H and O–H groups in total. The highest BCUT2D eigenvalue weighted by Crippen LogP contribution is 2.26. The van der Waals surface area contributed by atoms with Crippen molar-refractivity contribution in [2.75, 3.05) is 5.32 Å².